The monoisotopic (exact) mass is 472 g/mol. The van der Waals surface area contributed by atoms with Gasteiger partial charge < -0.3 is 41.7 Å². The van der Waals surface area contributed by atoms with E-state index in [9.17, 15) is 19.8 Å². The highest BCUT2D eigenvalue weighted by atomic mass is 16.3. The quantitative estimate of drug-likeness (QED) is 0.123. The Morgan fingerprint density at radius 1 is 0.559 bits per heavy atom. The molecule has 184 valence electrons. The Hall–Kier alpha value is -3.18. The number of aromatic hydroxyl groups is 2. The van der Waals surface area contributed by atoms with E-state index in [-0.39, 0.29) is 47.0 Å². The molecule has 0 radical (unpaired) electrons. The largest absolute Gasteiger partial charge is 0.507 e. The van der Waals surface area contributed by atoms with Crippen LogP contribution in [0, 0.1) is 0 Å². The van der Waals surface area contributed by atoms with Gasteiger partial charge in [-0.3, -0.25) is 9.59 Å². The summed E-state index contributed by atoms with van der Waals surface area (Å²) < 4.78 is 0. The van der Waals surface area contributed by atoms with Gasteiger partial charge >= 0.3 is 0 Å². The average Bonchev–Trinajstić information content (AvgIpc) is 2.83. The molecule has 2 aromatic carbocycles. The van der Waals surface area contributed by atoms with Crippen molar-refractivity contribution in [3.63, 3.8) is 0 Å². The van der Waals surface area contributed by atoms with Gasteiger partial charge in [0.05, 0.1) is 28.9 Å². The third-order valence-electron chi connectivity index (χ3n) is 5.56. The summed E-state index contributed by atoms with van der Waals surface area (Å²) in [6.45, 7) is 3.44. The van der Waals surface area contributed by atoms with Crippen LogP contribution in [-0.2, 0) is 0 Å². The molecule has 0 aliphatic heterocycles. The Morgan fingerprint density at radius 2 is 1.06 bits per heavy atom. The van der Waals surface area contributed by atoms with Gasteiger partial charge in [0.1, 0.15) is 11.5 Å². The third kappa shape index (κ3) is 5.65. The number of benzene rings is 2. The van der Waals surface area contributed by atoms with Crippen molar-refractivity contribution in [2.75, 3.05) is 63.1 Å². The Kier molecular flexibility index (Phi) is 9.23. The minimum atomic E-state index is -0.547. The zero-order valence-corrected chi connectivity index (χ0v) is 19.0. The van der Waals surface area contributed by atoms with Crippen LogP contribution < -0.4 is 21.3 Å². The molecule has 1 aliphatic rings. The highest BCUT2D eigenvalue weighted by Crippen LogP contribution is 2.42. The predicted octanol–water partition coefficient (Wildman–Crippen LogP) is 0.641. The maximum absolute atomic E-state index is 13.5. The summed E-state index contributed by atoms with van der Waals surface area (Å²) in [5.41, 5.74) is 0.780. The molecule has 0 aromatic heterocycles. The van der Waals surface area contributed by atoms with Crippen molar-refractivity contribution in [1.29, 1.82) is 0 Å². The van der Waals surface area contributed by atoms with Crippen LogP contribution >= 0.6 is 0 Å². The molecule has 34 heavy (non-hydrogen) atoms. The fourth-order valence-corrected chi connectivity index (χ4v) is 3.92. The van der Waals surface area contributed by atoms with Crippen LogP contribution in [0.25, 0.3) is 0 Å². The van der Waals surface area contributed by atoms with Crippen LogP contribution in [0.4, 0.5) is 11.4 Å². The van der Waals surface area contributed by atoms with Crippen molar-refractivity contribution in [2.45, 2.75) is 12.8 Å². The van der Waals surface area contributed by atoms with E-state index in [1.54, 1.807) is 12.1 Å². The van der Waals surface area contributed by atoms with Gasteiger partial charge in [0.25, 0.3) is 0 Å². The second-order valence-electron chi connectivity index (χ2n) is 7.93. The van der Waals surface area contributed by atoms with Crippen molar-refractivity contribution < 1.29 is 30.0 Å². The van der Waals surface area contributed by atoms with Crippen molar-refractivity contribution in [2.24, 2.45) is 0 Å². The Labute approximate surface area is 198 Å². The second kappa shape index (κ2) is 12.3. The molecular weight excluding hydrogens is 440 g/mol. The number of phenolic OH excluding ortho intramolecular Hbond substituents is 2. The standard InChI is InChI=1S/C24H32N4O6/c29-13-2-1-7-25-8-10-27-15-3-4-16(28-11-9-26-12-14-30)20-19(15)23(33)21-17(31)5-6-18(32)22(21)24(20)34/h3-6,25-32H,1-2,7-14H2. The van der Waals surface area contributed by atoms with Crippen LogP contribution in [0.5, 0.6) is 11.5 Å². The van der Waals surface area contributed by atoms with E-state index in [4.69, 9.17) is 10.2 Å². The minimum Gasteiger partial charge on any atom is -0.507 e. The Morgan fingerprint density at radius 3 is 1.53 bits per heavy atom. The molecule has 8 N–H and O–H groups in total. The number of anilines is 2. The van der Waals surface area contributed by atoms with Gasteiger partial charge in [0, 0.05) is 50.7 Å². The maximum Gasteiger partial charge on any atom is 0.200 e. The van der Waals surface area contributed by atoms with Crippen molar-refractivity contribution >= 4 is 22.9 Å². The number of aliphatic hydroxyl groups excluding tert-OH is 2. The summed E-state index contributed by atoms with van der Waals surface area (Å²) in [4.78, 5) is 26.9. The van der Waals surface area contributed by atoms with Gasteiger partial charge in [0.2, 0.25) is 11.6 Å². The number of carbonyl (C=O) groups is 2. The number of unbranched alkanes of at least 4 members (excludes halogenated alkanes) is 1. The predicted molar refractivity (Wildman–Crippen MR) is 129 cm³/mol. The van der Waals surface area contributed by atoms with Crippen LogP contribution in [0.1, 0.15) is 44.7 Å². The topological polar surface area (TPSA) is 163 Å². The maximum atomic E-state index is 13.5. The van der Waals surface area contributed by atoms with Crippen LogP contribution in [-0.4, -0.2) is 84.5 Å². The van der Waals surface area contributed by atoms with Crippen LogP contribution in [0.3, 0.4) is 0 Å². The van der Waals surface area contributed by atoms with Gasteiger partial charge in [-0.1, -0.05) is 0 Å². The summed E-state index contributed by atoms with van der Waals surface area (Å²) in [6.07, 6.45) is 1.58. The first kappa shape index (κ1) is 25.4. The highest BCUT2D eigenvalue weighted by Gasteiger charge is 2.37. The summed E-state index contributed by atoms with van der Waals surface area (Å²) >= 11 is 0. The molecule has 1 aliphatic carbocycles. The van der Waals surface area contributed by atoms with Gasteiger partial charge in [0.15, 0.2) is 0 Å². The smallest absolute Gasteiger partial charge is 0.200 e. The van der Waals surface area contributed by atoms with E-state index in [0.717, 1.165) is 19.4 Å². The first-order valence-corrected chi connectivity index (χ1v) is 11.4. The zero-order valence-electron chi connectivity index (χ0n) is 19.0. The number of rotatable bonds is 14. The Balaban J connectivity index is 1.87. The molecule has 0 unspecified atom stereocenters. The molecule has 10 heteroatoms. The molecule has 0 spiro atoms. The summed E-state index contributed by atoms with van der Waals surface area (Å²) in [6, 6.07) is 5.81. The molecule has 0 fully saturated rings. The number of carbonyl (C=O) groups excluding carboxylic acids is 2. The number of ketones is 2. The molecule has 0 amide bonds. The number of phenols is 2. The second-order valence-corrected chi connectivity index (χ2v) is 7.93. The average molecular weight is 473 g/mol. The SMILES string of the molecule is O=C1c2c(O)ccc(O)c2C(=O)c2c(NCCNCCCCO)ccc(NCCNCCO)c21. The van der Waals surface area contributed by atoms with Crippen LogP contribution in [0.15, 0.2) is 24.3 Å². The van der Waals surface area contributed by atoms with E-state index in [0.29, 0.717) is 44.1 Å². The van der Waals surface area contributed by atoms with Gasteiger partial charge in [-0.15, -0.1) is 0 Å². The van der Waals surface area contributed by atoms with Crippen molar-refractivity contribution in [1.82, 2.24) is 10.6 Å². The molecule has 0 saturated heterocycles. The van der Waals surface area contributed by atoms with E-state index in [1.165, 1.54) is 12.1 Å². The lowest BCUT2D eigenvalue weighted by Crippen LogP contribution is -2.28. The van der Waals surface area contributed by atoms with Crippen LogP contribution in [0.2, 0.25) is 0 Å². The van der Waals surface area contributed by atoms with E-state index >= 15 is 0 Å². The van der Waals surface area contributed by atoms with Gasteiger partial charge in [-0.25, -0.2) is 0 Å². The third-order valence-corrected chi connectivity index (χ3v) is 5.56. The first-order chi connectivity index (χ1) is 16.5. The lowest BCUT2D eigenvalue weighted by molar-refractivity contribution is 0.0975. The molecule has 0 bridgehead atoms. The van der Waals surface area contributed by atoms with E-state index in [2.05, 4.69) is 21.3 Å². The molecule has 0 saturated carbocycles. The number of nitrogens with one attached hydrogen (secondary N) is 4. The minimum absolute atomic E-state index is 0.0125. The number of fused-ring (bicyclic) bond motifs is 2. The fraction of sp³-hybridized carbons (Fsp3) is 0.417. The first-order valence-electron chi connectivity index (χ1n) is 11.4. The molecule has 0 heterocycles. The van der Waals surface area contributed by atoms with E-state index in [1.807, 2.05) is 0 Å². The number of aliphatic hydroxyl groups is 2. The molecule has 10 nitrogen and oxygen atoms in total. The zero-order chi connectivity index (χ0) is 24.5. The number of hydrogen-bond acceptors (Lipinski definition) is 10. The van der Waals surface area contributed by atoms with Crippen molar-refractivity contribution in [3.05, 3.63) is 46.5 Å². The van der Waals surface area contributed by atoms with Gasteiger partial charge in [-0.2, -0.15) is 0 Å². The fourth-order valence-electron chi connectivity index (χ4n) is 3.92. The lowest BCUT2D eigenvalue weighted by Gasteiger charge is -2.25. The number of hydrogen-bond donors (Lipinski definition) is 8. The van der Waals surface area contributed by atoms with Crippen molar-refractivity contribution in [3.8, 4) is 11.5 Å². The molecule has 0 atom stereocenters. The van der Waals surface area contributed by atoms with Gasteiger partial charge in [-0.05, 0) is 43.7 Å². The van der Waals surface area contributed by atoms with E-state index < -0.39 is 11.6 Å². The molecular formula is C24H32N4O6. The summed E-state index contributed by atoms with van der Waals surface area (Å²) in [7, 11) is 0. The Bertz CT molecular complexity index is 1030. The lowest BCUT2D eigenvalue weighted by atomic mass is 9.81. The summed E-state index contributed by atoms with van der Waals surface area (Å²) in [5, 5.41) is 51.0. The molecule has 3 rings (SSSR count). The summed E-state index contributed by atoms with van der Waals surface area (Å²) in [5.74, 6) is -1.81. The highest BCUT2D eigenvalue weighted by molar-refractivity contribution is 6.33. The normalized spacial score (nSPS) is 12.4. The molecule has 2 aromatic rings.